The summed E-state index contributed by atoms with van der Waals surface area (Å²) >= 11 is 6.24. The number of amides is 1. The van der Waals surface area contributed by atoms with Crippen molar-refractivity contribution in [3.05, 3.63) is 52.8 Å². The zero-order chi connectivity index (χ0) is 24.5. The molecule has 4 aromatic rings. The van der Waals surface area contributed by atoms with E-state index in [1.807, 2.05) is 24.3 Å². The highest BCUT2D eigenvalue weighted by atomic mass is 35.5. The number of nitrogens with zero attached hydrogens (tertiary/aromatic N) is 5. The summed E-state index contributed by atoms with van der Waals surface area (Å²) in [5.41, 5.74) is 2.24. The number of ether oxygens (including phenoxy) is 2. The van der Waals surface area contributed by atoms with Gasteiger partial charge in [0, 0.05) is 47.6 Å². The summed E-state index contributed by atoms with van der Waals surface area (Å²) in [6.45, 7) is 1.32. The molecule has 0 aliphatic carbocycles. The number of aromatic nitrogens is 4. The van der Waals surface area contributed by atoms with Crippen molar-refractivity contribution in [2.45, 2.75) is 25.3 Å². The lowest BCUT2D eigenvalue weighted by Gasteiger charge is -2.28. The Kier molecular flexibility index (Phi) is 6.21. The first kappa shape index (κ1) is 23.0. The number of nitrogens with one attached hydrogen (secondary N) is 1. The van der Waals surface area contributed by atoms with E-state index in [9.17, 15) is 9.90 Å². The molecule has 0 spiro atoms. The average molecular weight is 497 g/mol. The van der Waals surface area contributed by atoms with Crippen LogP contribution >= 0.6 is 11.6 Å². The number of hydrogen-bond acceptors (Lipinski definition) is 7. The second-order valence-corrected chi connectivity index (χ2v) is 8.84. The van der Waals surface area contributed by atoms with Gasteiger partial charge in [-0.1, -0.05) is 11.6 Å². The van der Waals surface area contributed by atoms with Crippen LogP contribution in [-0.4, -0.2) is 63.0 Å². The monoisotopic (exact) mass is 496 g/mol. The van der Waals surface area contributed by atoms with Crippen molar-refractivity contribution in [1.82, 2.24) is 24.5 Å². The van der Waals surface area contributed by atoms with E-state index in [2.05, 4.69) is 5.32 Å². The van der Waals surface area contributed by atoms with Crippen molar-refractivity contribution in [3.63, 3.8) is 0 Å². The fourth-order valence-electron chi connectivity index (χ4n) is 4.42. The molecule has 2 aromatic carbocycles. The molecule has 2 aromatic heterocycles. The lowest BCUT2D eigenvalue weighted by atomic mass is 9.98. The second-order valence-electron chi connectivity index (χ2n) is 8.40. The molecule has 0 bridgehead atoms. The Balaban J connectivity index is 1.54. The molecule has 11 heteroatoms. The van der Waals surface area contributed by atoms with Gasteiger partial charge in [-0.15, -0.1) is 5.10 Å². The summed E-state index contributed by atoms with van der Waals surface area (Å²) in [5.74, 6) is 2.40. The Hall–Kier alpha value is -3.79. The van der Waals surface area contributed by atoms with Gasteiger partial charge in [0.05, 0.1) is 19.7 Å². The summed E-state index contributed by atoms with van der Waals surface area (Å²) in [6, 6.07) is 11.1. The number of fused-ring (bicyclic) bond motifs is 3. The largest absolute Gasteiger partial charge is 0.497 e. The molecule has 1 amide bonds. The van der Waals surface area contributed by atoms with Crippen LogP contribution in [0.15, 0.2) is 36.4 Å². The summed E-state index contributed by atoms with van der Waals surface area (Å²) in [6.07, 6.45) is 0.670. The average Bonchev–Trinajstić information content (AvgIpc) is 3.33. The molecule has 182 valence electrons. The summed E-state index contributed by atoms with van der Waals surface area (Å²) in [4.78, 5) is 22.5. The Bertz CT molecular complexity index is 1410. The topological polar surface area (TPSA) is 114 Å². The Labute approximate surface area is 206 Å². The molecule has 5 rings (SSSR count). The van der Waals surface area contributed by atoms with Gasteiger partial charge in [-0.2, -0.15) is 4.52 Å². The maximum Gasteiger partial charge on any atom is 0.407 e. The first-order valence-electron chi connectivity index (χ1n) is 11.3. The molecule has 1 aliphatic rings. The number of rotatable bonds is 6. The highest BCUT2D eigenvalue weighted by Crippen LogP contribution is 2.30. The van der Waals surface area contributed by atoms with E-state index in [0.717, 1.165) is 23.8 Å². The molecule has 1 fully saturated rings. The van der Waals surface area contributed by atoms with E-state index in [1.54, 1.807) is 30.9 Å². The predicted molar refractivity (Wildman–Crippen MR) is 132 cm³/mol. The number of anilines is 1. The van der Waals surface area contributed by atoms with E-state index in [1.165, 1.54) is 4.90 Å². The summed E-state index contributed by atoms with van der Waals surface area (Å²) in [5, 5.41) is 18.9. The quantitative estimate of drug-likeness (QED) is 0.403. The molecular formula is C24H25ClN6O4. The molecule has 1 atom stereocenters. The van der Waals surface area contributed by atoms with Gasteiger partial charge < -0.3 is 24.8 Å². The molecule has 10 nitrogen and oxygen atoms in total. The van der Waals surface area contributed by atoms with Gasteiger partial charge in [0.25, 0.3) is 0 Å². The fraction of sp³-hybridized carbons (Fsp3) is 0.333. The van der Waals surface area contributed by atoms with Gasteiger partial charge in [-0.3, -0.25) is 0 Å². The lowest BCUT2D eigenvalue weighted by Crippen LogP contribution is -2.38. The van der Waals surface area contributed by atoms with Crippen LogP contribution in [0, 0.1) is 0 Å². The van der Waals surface area contributed by atoms with Crippen LogP contribution in [0.1, 0.15) is 30.1 Å². The van der Waals surface area contributed by atoms with Crippen LogP contribution < -0.4 is 14.8 Å². The van der Waals surface area contributed by atoms with Gasteiger partial charge in [-0.05, 0) is 43.2 Å². The van der Waals surface area contributed by atoms with Crippen LogP contribution in [0.5, 0.6) is 11.5 Å². The van der Waals surface area contributed by atoms with Crippen molar-refractivity contribution in [2.75, 3.05) is 32.6 Å². The van der Waals surface area contributed by atoms with Gasteiger partial charge in [0.15, 0.2) is 11.5 Å². The van der Waals surface area contributed by atoms with Crippen LogP contribution in [0.2, 0.25) is 5.02 Å². The molecule has 35 heavy (non-hydrogen) atoms. The van der Waals surface area contributed by atoms with Crippen molar-refractivity contribution in [2.24, 2.45) is 0 Å². The summed E-state index contributed by atoms with van der Waals surface area (Å²) in [7, 11) is 3.22. The minimum absolute atomic E-state index is 0.0865. The second kappa shape index (κ2) is 9.46. The summed E-state index contributed by atoms with van der Waals surface area (Å²) < 4.78 is 12.5. The smallest absolute Gasteiger partial charge is 0.407 e. The molecule has 1 saturated heterocycles. The van der Waals surface area contributed by atoms with Crippen molar-refractivity contribution in [1.29, 1.82) is 0 Å². The zero-order valence-electron chi connectivity index (χ0n) is 19.4. The number of halogens is 1. The highest BCUT2D eigenvalue weighted by molar-refractivity contribution is 6.31. The van der Waals surface area contributed by atoms with Gasteiger partial charge in [0.2, 0.25) is 5.95 Å². The van der Waals surface area contributed by atoms with Crippen molar-refractivity contribution in [3.8, 4) is 11.5 Å². The Morgan fingerprint density at radius 2 is 2.06 bits per heavy atom. The zero-order valence-corrected chi connectivity index (χ0v) is 20.1. The van der Waals surface area contributed by atoms with Crippen LogP contribution in [0.3, 0.4) is 0 Å². The Morgan fingerprint density at radius 1 is 1.20 bits per heavy atom. The standard InChI is InChI=1S/C24H25ClN6O4/c1-34-17-7-5-14(20(11-17)35-2)12-26-23-27-19-10-16(25)6-8-18(19)22-28-21(29-31(22)23)15-4-3-9-30(13-15)24(32)33/h5-8,10-11,15H,3-4,9,12-13H2,1-2H3,(H,26,27)(H,32,33)/t15-/m1/s1. The van der Waals surface area contributed by atoms with Crippen molar-refractivity contribution >= 4 is 40.2 Å². The molecular weight excluding hydrogens is 472 g/mol. The number of methoxy groups -OCH3 is 2. The van der Waals surface area contributed by atoms with E-state index in [4.69, 9.17) is 36.1 Å². The van der Waals surface area contributed by atoms with Crippen molar-refractivity contribution < 1.29 is 19.4 Å². The van der Waals surface area contributed by atoms with E-state index < -0.39 is 6.09 Å². The lowest BCUT2D eigenvalue weighted by molar-refractivity contribution is 0.129. The molecule has 1 aliphatic heterocycles. The normalized spacial score (nSPS) is 16.0. The SMILES string of the molecule is COc1ccc(CNc2nc3cc(Cl)ccc3c3nc([C@@H]4CCCN(C(=O)O)C4)nn23)c(OC)c1. The minimum atomic E-state index is -0.920. The van der Waals surface area contributed by atoms with E-state index in [-0.39, 0.29) is 5.92 Å². The van der Waals surface area contributed by atoms with Gasteiger partial charge >= 0.3 is 6.09 Å². The third kappa shape index (κ3) is 4.49. The number of benzene rings is 2. The molecule has 0 saturated carbocycles. The van der Waals surface area contributed by atoms with E-state index in [0.29, 0.717) is 59.1 Å². The first-order chi connectivity index (χ1) is 17.0. The first-order valence-corrected chi connectivity index (χ1v) is 11.6. The van der Waals surface area contributed by atoms with Gasteiger partial charge in [-0.25, -0.2) is 14.8 Å². The third-order valence-corrected chi connectivity index (χ3v) is 6.47. The molecule has 2 N–H and O–H groups in total. The number of carboxylic acid groups (broad SMARTS) is 1. The molecule has 0 unspecified atom stereocenters. The third-order valence-electron chi connectivity index (χ3n) is 6.24. The number of hydrogen-bond donors (Lipinski definition) is 2. The minimum Gasteiger partial charge on any atom is -0.497 e. The predicted octanol–water partition coefficient (Wildman–Crippen LogP) is 4.42. The molecule has 3 heterocycles. The van der Waals surface area contributed by atoms with Crippen LogP contribution in [0.4, 0.5) is 10.7 Å². The highest BCUT2D eigenvalue weighted by Gasteiger charge is 2.28. The van der Waals surface area contributed by atoms with Crippen LogP contribution in [-0.2, 0) is 6.54 Å². The number of piperidine rings is 1. The number of carbonyl (C=O) groups is 1. The number of likely N-dealkylation sites (tertiary alicyclic amines) is 1. The van der Waals surface area contributed by atoms with Gasteiger partial charge in [0.1, 0.15) is 11.5 Å². The maximum atomic E-state index is 11.5. The Morgan fingerprint density at radius 3 is 2.83 bits per heavy atom. The van der Waals surface area contributed by atoms with E-state index >= 15 is 0 Å². The van der Waals surface area contributed by atoms with Crippen LogP contribution in [0.25, 0.3) is 16.6 Å². The molecule has 0 radical (unpaired) electrons. The maximum absolute atomic E-state index is 11.5. The fourth-order valence-corrected chi connectivity index (χ4v) is 4.59.